The van der Waals surface area contributed by atoms with Crippen LogP contribution < -0.4 is 0 Å². The molecule has 1 aromatic carbocycles. The SMILES string of the molecule is C[Si](C)(C)C1=C(c2ccc(C3=C([Si](C)(C)C)B3N([Si](C)(C)C)[Si](C)(C)C)cc2)B1N([Si](C)(C)C)[Si](C)(C)C. The molecule has 0 aliphatic carbocycles. The van der Waals surface area contributed by atoms with Gasteiger partial charge in [-0.3, -0.25) is 0 Å². The Labute approximate surface area is 244 Å². The van der Waals surface area contributed by atoms with E-state index in [4.69, 9.17) is 0 Å². The minimum absolute atomic E-state index is 0.602. The van der Waals surface area contributed by atoms with Gasteiger partial charge in [0, 0.05) is 0 Å². The largest absolute Gasteiger partial charge is 0.380 e. The van der Waals surface area contributed by atoms with Crippen LogP contribution in [-0.4, -0.2) is 71.1 Å². The van der Waals surface area contributed by atoms with E-state index in [1.807, 2.05) is 10.2 Å². The van der Waals surface area contributed by atoms with E-state index >= 15 is 0 Å². The Morgan fingerprint density at radius 1 is 0.395 bits per heavy atom. The zero-order chi connectivity index (χ0) is 29.6. The standard InChI is InChI=1S/C28H58B2N2Si6/c1-33(2,3)27-25(29(27)31(35(7,8)9)36(10,11)12)23-19-21-24(22-20-23)26-28(34(4,5)6)30(26)32(37(13,14)15)38(16,17)18/h19-22H,1-18H3. The van der Waals surface area contributed by atoms with E-state index in [1.165, 1.54) is 11.1 Å². The Balaban J connectivity index is 2.04. The van der Waals surface area contributed by atoms with Crippen molar-refractivity contribution in [2.75, 3.05) is 0 Å². The monoisotopic (exact) mass is 612 g/mol. The van der Waals surface area contributed by atoms with Gasteiger partial charge in [-0.1, -0.05) is 163 Å². The van der Waals surface area contributed by atoms with Gasteiger partial charge in [-0.05, 0) is 11.1 Å². The van der Waals surface area contributed by atoms with Gasteiger partial charge in [0.25, 0.3) is 13.7 Å². The third kappa shape index (κ3) is 6.58. The van der Waals surface area contributed by atoms with Gasteiger partial charge in [0.15, 0.2) is 0 Å². The topological polar surface area (TPSA) is 6.48 Å². The molecule has 0 aromatic heterocycles. The number of rotatable bonds is 10. The average Bonchev–Trinajstić information content (AvgIpc) is 3.50. The van der Waals surface area contributed by atoms with Crippen molar-refractivity contribution in [3.63, 3.8) is 0 Å². The van der Waals surface area contributed by atoms with E-state index in [0.717, 1.165) is 0 Å². The molecule has 0 saturated heterocycles. The summed E-state index contributed by atoms with van der Waals surface area (Å²) in [5.74, 6) is 0. The molecule has 2 heterocycles. The van der Waals surface area contributed by atoms with Crippen LogP contribution in [0.5, 0.6) is 0 Å². The number of hydrogen-bond donors (Lipinski definition) is 0. The highest BCUT2D eigenvalue weighted by Crippen LogP contribution is 2.51. The van der Waals surface area contributed by atoms with Gasteiger partial charge in [0.2, 0.25) is 0 Å². The molecule has 1 aromatic rings. The van der Waals surface area contributed by atoms with Crippen LogP contribution in [0.2, 0.25) is 118 Å². The van der Waals surface area contributed by atoms with Crippen molar-refractivity contribution in [3.8, 4) is 0 Å². The van der Waals surface area contributed by atoms with Crippen LogP contribution in [0.1, 0.15) is 11.1 Å². The van der Waals surface area contributed by atoms with Crippen LogP contribution >= 0.6 is 0 Å². The molecule has 0 fully saturated rings. The van der Waals surface area contributed by atoms with Crippen LogP contribution in [-0.2, 0) is 0 Å². The van der Waals surface area contributed by atoms with E-state index in [2.05, 4.69) is 150 Å². The lowest BCUT2D eigenvalue weighted by Crippen LogP contribution is -2.63. The van der Waals surface area contributed by atoms with Crippen molar-refractivity contribution in [2.24, 2.45) is 0 Å². The fraction of sp³-hybridized carbons (Fsp3) is 0.643. The molecule has 2 aliphatic heterocycles. The Bertz CT molecular complexity index is 1020. The molecular formula is C28H58B2N2Si6. The number of nitrogens with zero attached hydrogens (tertiary/aromatic N) is 2. The van der Waals surface area contributed by atoms with Crippen LogP contribution in [0.25, 0.3) is 10.9 Å². The summed E-state index contributed by atoms with van der Waals surface area (Å²) in [5, 5.41) is 3.65. The van der Waals surface area contributed by atoms with Gasteiger partial charge in [0.05, 0.1) is 16.1 Å². The fourth-order valence-electron chi connectivity index (χ4n) is 7.58. The van der Waals surface area contributed by atoms with Gasteiger partial charge in [-0.25, -0.2) is 0 Å². The Morgan fingerprint density at radius 3 is 0.763 bits per heavy atom. The summed E-state index contributed by atoms with van der Waals surface area (Å²) in [7, 11) is -8.60. The second-order valence-electron chi connectivity index (χ2n) is 18.0. The molecule has 0 bridgehead atoms. The van der Waals surface area contributed by atoms with Crippen LogP contribution in [0.15, 0.2) is 34.5 Å². The van der Waals surface area contributed by atoms with Crippen molar-refractivity contribution in [3.05, 3.63) is 45.6 Å². The lowest BCUT2D eigenvalue weighted by atomic mass is 9.76. The zero-order valence-corrected chi connectivity index (χ0v) is 34.4. The first-order valence-corrected chi connectivity index (χ1v) is 35.7. The van der Waals surface area contributed by atoms with Gasteiger partial charge >= 0.3 is 0 Å². The summed E-state index contributed by atoms with van der Waals surface area (Å²) < 4.78 is 6.11. The van der Waals surface area contributed by atoms with Crippen molar-refractivity contribution in [1.29, 1.82) is 0 Å². The highest BCUT2D eigenvalue weighted by Gasteiger charge is 2.58. The van der Waals surface area contributed by atoms with Gasteiger partial charge in [-0.15, -0.1) is 0 Å². The average molecular weight is 613 g/mol. The molecule has 0 atom stereocenters. The molecular weight excluding hydrogens is 554 g/mol. The van der Waals surface area contributed by atoms with Crippen molar-refractivity contribution >= 4 is 73.7 Å². The van der Waals surface area contributed by atoms with E-state index in [1.54, 1.807) is 10.9 Å². The van der Waals surface area contributed by atoms with Crippen LogP contribution in [0.4, 0.5) is 0 Å². The summed E-state index contributed by atoms with van der Waals surface area (Å²) in [6, 6.07) is 9.98. The van der Waals surface area contributed by atoms with Crippen molar-refractivity contribution in [2.45, 2.75) is 118 Å². The number of benzene rings is 1. The second kappa shape index (κ2) is 9.81. The summed E-state index contributed by atoms with van der Waals surface area (Å²) in [6.45, 7) is 47.3. The summed E-state index contributed by atoms with van der Waals surface area (Å²) in [6.07, 6.45) is 0. The first-order chi connectivity index (χ1) is 16.7. The van der Waals surface area contributed by atoms with Gasteiger partial charge in [-0.2, -0.15) is 0 Å². The van der Waals surface area contributed by atoms with Gasteiger partial charge < -0.3 is 8.28 Å². The highest BCUT2D eigenvalue weighted by molar-refractivity contribution is 7.23. The molecule has 0 amide bonds. The zero-order valence-electron chi connectivity index (χ0n) is 28.4. The first kappa shape index (κ1) is 32.6. The molecule has 2 aliphatic rings. The molecule has 10 heteroatoms. The molecule has 3 rings (SSSR count). The lowest BCUT2D eigenvalue weighted by molar-refractivity contribution is 0.951. The lowest BCUT2D eigenvalue weighted by Gasteiger charge is -2.45. The smallest absolute Gasteiger partial charge is 0.269 e. The third-order valence-corrected chi connectivity index (χ3v) is 27.2. The normalized spacial score (nSPS) is 17.9. The Kier molecular flexibility index (Phi) is 8.41. The predicted octanol–water partition coefficient (Wildman–Crippen LogP) is 9.06. The summed E-state index contributed by atoms with van der Waals surface area (Å²) in [5.41, 5.74) is 6.38. The van der Waals surface area contributed by atoms with E-state index in [9.17, 15) is 0 Å². The van der Waals surface area contributed by atoms with Gasteiger partial charge in [0.1, 0.15) is 32.9 Å². The Hall–Kier alpha value is 0.0512. The van der Waals surface area contributed by atoms with E-state index in [0.29, 0.717) is 13.7 Å². The second-order valence-corrected chi connectivity index (χ2v) is 48.2. The van der Waals surface area contributed by atoms with Crippen LogP contribution in [0.3, 0.4) is 0 Å². The Morgan fingerprint density at radius 2 is 0.605 bits per heavy atom. The third-order valence-electron chi connectivity index (χ3n) is 8.04. The molecule has 0 unspecified atom stereocenters. The van der Waals surface area contributed by atoms with Crippen molar-refractivity contribution in [1.82, 2.24) is 8.28 Å². The molecule has 0 spiro atoms. The van der Waals surface area contributed by atoms with Crippen LogP contribution in [0, 0.1) is 0 Å². The summed E-state index contributed by atoms with van der Waals surface area (Å²) >= 11 is 0. The van der Waals surface area contributed by atoms with E-state index < -0.39 is 49.1 Å². The molecule has 2 nitrogen and oxygen atoms in total. The minimum Gasteiger partial charge on any atom is -0.380 e. The molecule has 0 radical (unpaired) electrons. The fourth-order valence-corrected chi connectivity index (χ4v) is 32.6. The predicted molar refractivity (Wildman–Crippen MR) is 196 cm³/mol. The molecule has 0 N–H and O–H groups in total. The molecule has 0 saturated carbocycles. The quantitative estimate of drug-likeness (QED) is 0.243. The highest BCUT2D eigenvalue weighted by atomic mass is 28.4. The first-order valence-electron chi connectivity index (χ1n) is 14.9. The summed E-state index contributed by atoms with van der Waals surface area (Å²) in [4.78, 5) is 0. The number of hydrogen-bond acceptors (Lipinski definition) is 2. The minimum atomic E-state index is -1.45. The maximum Gasteiger partial charge on any atom is 0.269 e. The molecule has 210 valence electrons. The van der Waals surface area contributed by atoms with Crippen molar-refractivity contribution < 1.29 is 0 Å². The maximum atomic E-state index is 3.05. The van der Waals surface area contributed by atoms with E-state index in [-0.39, 0.29) is 0 Å². The molecule has 38 heavy (non-hydrogen) atoms. The maximum absolute atomic E-state index is 3.05.